The summed E-state index contributed by atoms with van der Waals surface area (Å²) < 4.78 is 0. The van der Waals surface area contributed by atoms with Crippen molar-refractivity contribution >= 4 is 17.3 Å². The van der Waals surface area contributed by atoms with Crippen molar-refractivity contribution in [3.05, 3.63) is 23.8 Å². The van der Waals surface area contributed by atoms with Crippen molar-refractivity contribution < 1.29 is 4.79 Å². The third kappa shape index (κ3) is 5.05. The van der Waals surface area contributed by atoms with Crippen molar-refractivity contribution in [2.75, 3.05) is 24.6 Å². The van der Waals surface area contributed by atoms with Crippen molar-refractivity contribution in [2.45, 2.75) is 47.1 Å². The molecule has 1 aromatic rings. The summed E-state index contributed by atoms with van der Waals surface area (Å²) in [5.74, 6) is 0.0247. The number of anilines is 2. The van der Waals surface area contributed by atoms with E-state index >= 15 is 0 Å². The molecule has 0 aromatic heterocycles. The summed E-state index contributed by atoms with van der Waals surface area (Å²) in [5.41, 5.74) is 8.47. The summed E-state index contributed by atoms with van der Waals surface area (Å²) >= 11 is 0. The molecule has 0 fully saturated rings. The first-order valence-corrected chi connectivity index (χ1v) is 7.48. The molecule has 1 amide bonds. The van der Waals surface area contributed by atoms with E-state index in [1.54, 1.807) is 0 Å². The molecule has 0 aliphatic heterocycles. The largest absolute Gasteiger partial charge is 0.398 e. The maximum absolute atomic E-state index is 12.1. The van der Waals surface area contributed by atoms with E-state index in [0.717, 1.165) is 17.8 Å². The van der Waals surface area contributed by atoms with E-state index in [2.05, 4.69) is 45.0 Å². The first-order chi connectivity index (χ1) is 9.62. The molecule has 4 heteroatoms. The average molecular weight is 291 g/mol. The number of amides is 1. The molecule has 0 heterocycles. The summed E-state index contributed by atoms with van der Waals surface area (Å²) in [5, 5.41) is 2.94. The van der Waals surface area contributed by atoms with Gasteiger partial charge in [-0.05, 0) is 44.0 Å². The minimum atomic E-state index is 0.0247. The fourth-order valence-electron chi connectivity index (χ4n) is 2.13. The molecule has 0 saturated carbocycles. The molecule has 0 radical (unpaired) electrons. The summed E-state index contributed by atoms with van der Waals surface area (Å²) in [6.45, 7) is 11.5. The first kappa shape index (κ1) is 17.5. The Morgan fingerprint density at radius 2 is 2.00 bits per heavy atom. The molecule has 21 heavy (non-hydrogen) atoms. The van der Waals surface area contributed by atoms with Crippen LogP contribution in [0.5, 0.6) is 0 Å². The highest BCUT2D eigenvalue weighted by molar-refractivity contribution is 5.92. The number of nitrogen functional groups attached to an aromatic ring is 1. The van der Waals surface area contributed by atoms with Crippen LogP contribution >= 0.6 is 0 Å². The zero-order chi connectivity index (χ0) is 16.2. The quantitative estimate of drug-likeness (QED) is 0.819. The second-order valence-corrected chi connectivity index (χ2v) is 6.84. The van der Waals surface area contributed by atoms with Gasteiger partial charge in [-0.2, -0.15) is 0 Å². The average Bonchev–Trinajstić information content (AvgIpc) is 2.39. The minimum absolute atomic E-state index is 0.0247. The summed E-state index contributed by atoms with van der Waals surface area (Å²) in [4.78, 5) is 14.3. The molecule has 1 aromatic carbocycles. The molecule has 0 aliphatic carbocycles. The SMILES string of the molecule is Cc1c(N)cccc1NC(=O)CCN(C)C(C)C(C)(C)C. The number of hydrogen-bond donors (Lipinski definition) is 2. The van der Waals surface area contributed by atoms with Gasteiger partial charge in [-0.15, -0.1) is 0 Å². The van der Waals surface area contributed by atoms with Crippen molar-refractivity contribution in [3.63, 3.8) is 0 Å². The van der Waals surface area contributed by atoms with E-state index in [0.29, 0.717) is 18.2 Å². The van der Waals surface area contributed by atoms with E-state index in [4.69, 9.17) is 5.73 Å². The monoisotopic (exact) mass is 291 g/mol. The Hall–Kier alpha value is -1.55. The van der Waals surface area contributed by atoms with Gasteiger partial charge in [0.15, 0.2) is 0 Å². The Morgan fingerprint density at radius 3 is 2.57 bits per heavy atom. The number of nitrogens with two attached hydrogens (primary N) is 1. The summed E-state index contributed by atoms with van der Waals surface area (Å²) in [6, 6.07) is 5.99. The zero-order valence-electron chi connectivity index (χ0n) is 14.2. The van der Waals surface area contributed by atoms with Crippen molar-refractivity contribution in [1.29, 1.82) is 0 Å². The van der Waals surface area contributed by atoms with Crippen LogP contribution in [0.15, 0.2) is 18.2 Å². The van der Waals surface area contributed by atoms with Crippen LogP contribution in [0.25, 0.3) is 0 Å². The van der Waals surface area contributed by atoms with Gasteiger partial charge in [-0.3, -0.25) is 4.79 Å². The number of benzene rings is 1. The third-order valence-corrected chi connectivity index (χ3v) is 4.26. The van der Waals surface area contributed by atoms with Gasteiger partial charge < -0.3 is 16.0 Å². The van der Waals surface area contributed by atoms with Crippen LogP contribution < -0.4 is 11.1 Å². The van der Waals surface area contributed by atoms with Crippen LogP contribution in [0.3, 0.4) is 0 Å². The Bertz CT molecular complexity index is 491. The van der Waals surface area contributed by atoms with E-state index in [1.165, 1.54) is 0 Å². The topological polar surface area (TPSA) is 58.4 Å². The van der Waals surface area contributed by atoms with Gasteiger partial charge in [-0.1, -0.05) is 26.8 Å². The van der Waals surface area contributed by atoms with Crippen LogP contribution in [-0.2, 0) is 4.79 Å². The Kier molecular flexibility index (Phi) is 5.78. The molecular weight excluding hydrogens is 262 g/mol. The van der Waals surface area contributed by atoms with E-state index in [9.17, 15) is 4.79 Å². The van der Waals surface area contributed by atoms with Crippen LogP contribution in [0, 0.1) is 12.3 Å². The molecule has 0 saturated heterocycles. The zero-order valence-corrected chi connectivity index (χ0v) is 14.2. The lowest BCUT2D eigenvalue weighted by atomic mass is 9.87. The second kappa shape index (κ2) is 6.94. The van der Waals surface area contributed by atoms with E-state index in [-0.39, 0.29) is 11.3 Å². The number of carbonyl (C=O) groups is 1. The van der Waals surface area contributed by atoms with E-state index in [1.807, 2.05) is 25.1 Å². The lowest BCUT2D eigenvalue weighted by molar-refractivity contribution is -0.116. The van der Waals surface area contributed by atoms with E-state index < -0.39 is 0 Å². The molecule has 1 unspecified atom stereocenters. The molecule has 0 spiro atoms. The molecule has 3 N–H and O–H groups in total. The standard InChI is InChI=1S/C17H29N3O/c1-12-14(18)8-7-9-15(12)19-16(21)10-11-20(6)13(2)17(3,4)5/h7-9,13H,10-11,18H2,1-6H3,(H,19,21). The van der Waals surface area contributed by atoms with Gasteiger partial charge in [0, 0.05) is 30.4 Å². The fourth-order valence-corrected chi connectivity index (χ4v) is 2.13. The molecule has 1 atom stereocenters. The van der Waals surface area contributed by atoms with Gasteiger partial charge >= 0.3 is 0 Å². The maximum Gasteiger partial charge on any atom is 0.225 e. The van der Waals surface area contributed by atoms with Gasteiger partial charge in [-0.25, -0.2) is 0 Å². The number of hydrogen-bond acceptors (Lipinski definition) is 3. The van der Waals surface area contributed by atoms with Gasteiger partial charge in [0.1, 0.15) is 0 Å². The van der Waals surface area contributed by atoms with Crippen molar-refractivity contribution in [2.24, 2.45) is 5.41 Å². The smallest absolute Gasteiger partial charge is 0.225 e. The first-order valence-electron chi connectivity index (χ1n) is 7.48. The lowest BCUT2D eigenvalue weighted by Crippen LogP contribution is -2.40. The van der Waals surface area contributed by atoms with Gasteiger partial charge in [0.05, 0.1) is 0 Å². The summed E-state index contributed by atoms with van der Waals surface area (Å²) in [6.07, 6.45) is 0.477. The Balaban J connectivity index is 2.53. The Morgan fingerprint density at radius 1 is 1.38 bits per heavy atom. The number of rotatable bonds is 5. The lowest BCUT2D eigenvalue weighted by Gasteiger charge is -2.35. The fraction of sp³-hybridized carbons (Fsp3) is 0.588. The highest BCUT2D eigenvalue weighted by Gasteiger charge is 2.23. The highest BCUT2D eigenvalue weighted by atomic mass is 16.1. The molecule has 118 valence electrons. The predicted molar refractivity (Wildman–Crippen MR) is 90.4 cm³/mol. The molecule has 1 rings (SSSR count). The van der Waals surface area contributed by atoms with Crippen LogP contribution in [0.4, 0.5) is 11.4 Å². The number of carbonyl (C=O) groups excluding carboxylic acids is 1. The van der Waals surface area contributed by atoms with Crippen molar-refractivity contribution in [1.82, 2.24) is 4.90 Å². The molecule has 4 nitrogen and oxygen atoms in total. The van der Waals surface area contributed by atoms with Crippen LogP contribution in [-0.4, -0.2) is 30.4 Å². The minimum Gasteiger partial charge on any atom is -0.398 e. The van der Waals surface area contributed by atoms with Gasteiger partial charge in [0.25, 0.3) is 0 Å². The highest BCUT2D eigenvalue weighted by Crippen LogP contribution is 2.23. The van der Waals surface area contributed by atoms with Gasteiger partial charge in [0.2, 0.25) is 5.91 Å². The maximum atomic E-state index is 12.1. The Labute approximate surface area is 128 Å². The van der Waals surface area contributed by atoms with Crippen molar-refractivity contribution in [3.8, 4) is 0 Å². The normalized spacial score (nSPS) is 13.3. The second-order valence-electron chi connectivity index (χ2n) is 6.84. The third-order valence-electron chi connectivity index (χ3n) is 4.26. The predicted octanol–water partition coefficient (Wildman–Crippen LogP) is 3.27. The molecule has 0 aliphatic rings. The van der Waals surface area contributed by atoms with Crippen LogP contribution in [0.2, 0.25) is 0 Å². The number of nitrogens with zero attached hydrogens (tertiary/aromatic N) is 1. The summed E-state index contributed by atoms with van der Waals surface area (Å²) in [7, 11) is 2.06. The molecular formula is C17H29N3O. The number of nitrogens with one attached hydrogen (secondary N) is 1. The molecule has 0 bridgehead atoms. The van der Waals surface area contributed by atoms with Crippen LogP contribution in [0.1, 0.15) is 39.7 Å².